The smallest absolute Gasteiger partial charge is 0.214 e. The van der Waals surface area contributed by atoms with E-state index in [1.165, 1.54) is 0 Å². The van der Waals surface area contributed by atoms with Crippen molar-refractivity contribution < 1.29 is 8.42 Å². The molecular weight excluding hydrogens is 252 g/mol. The van der Waals surface area contributed by atoms with Crippen LogP contribution in [0.25, 0.3) is 5.57 Å². The van der Waals surface area contributed by atoms with Crippen molar-refractivity contribution in [2.75, 3.05) is 0 Å². The molecule has 1 aromatic carbocycles. The molecule has 13 heavy (non-hydrogen) atoms. The Hall–Kier alpha value is -0.610. The second-order valence-electron chi connectivity index (χ2n) is 2.90. The predicted octanol–water partition coefficient (Wildman–Crippen LogP) is 2.56. The number of fused-ring (bicyclic) bond motifs is 1. The Balaban J connectivity index is 2.90. The highest BCUT2D eigenvalue weighted by Gasteiger charge is 2.31. The van der Waals surface area contributed by atoms with Crippen LogP contribution in [0.2, 0.25) is 0 Å². The zero-order valence-corrected chi connectivity index (χ0v) is 9.31. The first-order chi connectivity index (χ1) is 6.05. The van der Waals surface area contributed by atoms with Gasteiger partial charge in [0.05, 0.1) is 4.90 Å². The van der Waals surface area contributed by atoms with Crippen molar-refractivity contribution in [3.05, 3.63) is 33.6 Å². The van der Waals surface area contributed by atoms with E-state index in [0.29, 0.717) is 8.71 Å². The van der Waals surface area contributed by atoms with E-state index in [1.54, 1.807) is 19.1 Å². The summed E-state index contributed by atoms with van der Waals surface area (Å²) in [6.45, 7) is 1.80. The molecule has 0 saturated heterocycles. The van der Waals surface area contributed by atoms with Crippen LogP contribution >= 0.6 is 15.9 Å². The van der Waals surface area contributed by atoms with Crippen LogP contribution in [0.4, 0.5) is 0 Å². The number of halogens is 1. The highest BCUT2D eigenvalue weighted by molar-refractivity contribution is 9.13. The number of allylic oxidation sites excluding steroid dienone is 1. The van der Waals surface area contributed by atoms with Crippen molar-refractivity contribution in [1.29, 1.82) is 0 Å². The largest absolute Gasteiger partial charge is 0.218 e. The van der Waals surface area contributed by atoms with Gasteiger partial charge in [-0.3, -0.25) is 0 Å². The molecule has 1 aromatic rings. The summed E-state index contributed by atoms with van der Waals surface area (Å²) >= 11 is 3.10. The fourth-order valence-corrected chi connectivity index (χ4v) is 3.63. The van der Waals surface area contributed by atoms with Crippen molar-refractivity contribution in [1.82, 2.24) is 0 Å². The third kappa shape index (κ3) is 1.09. The molecule has 0 spiro atoms. The number of hydrogen-bond acceptors (Lipinski definition) is 2. The lowest BCUT2D eigenvalue weighted by Gasteiger charge is -1.96. The van der Waals surface area contributed by atoms with Crippen molar-refractivity contribution in [3.63, 3.8) is 0 Å². The normalized spacial score (nSPS) is 18.9. The third-order valence-electron chi connectivity index (χ3n) is 2.11. The molecule has 0 radical (unpaired) electrons. The maximum absolute atomic E-state index is 11.7. The molecule has 0 atom stereocenters. The van der Waals surface area contributed by atoms with E-state index in [4.69, 9.17) is 0 Å². The Morgan fingerprint density at radius 3 is 2.46 bits per heavy atom. The van der Waals surface area contributed by atoms with E-state index < -0.39 is 9.84 Å². The van der Waals surface area contributed by atoms with Crippen molar-refractivity contribution in [2.45, 2.75) is 11.8 Å². The molecule has 2 nitrogen and oxygen atoms in total. The van der Waals surface area contributed by atoms with Crippen LogP contribution in [0.5, 0.6) is 0 Å². The topological polar surface area (TPSA) is 34.1 Å². The molecule has 0 aromatic heterocycles. The van der Waals surface area contributed by atoms with Gasteiger partial charge in [-0.2, -0.15) is 0 Å². The maximum atomic E-state index is 11.7. The molecular formula is C9H7BrO2S. The predicted molar refractivity (Wildman–Crippen MR) is 55.1 cm³/mol. The van der Waals surface area contributed by atoms with Crippen molar-refractivity contribution in [2.24, 2.45) is 0 Å². The zero-order chi connectivity index (χ0) is 9.64. The number of hydrogen-bond donors (Lipinski definition) is 0. The molecule has 2 rings (SSSR count). The first-order valence-corrected chi connectivity index (χ1v) is 6.03. The molecule has 1 aliphatic rings. The average molecular weight is 259 g/mol. The lowest BCUT2D eigenvalue weighted by molar-refractivity contribution is 0.605. The molecule has 0 unspecified atom stereocenters. The Morgan fingerprint density at radius 1 is 1.23 bits per heavy atom. The zero-order valence-electron chi connectivity index (χ0n) is 6.91. The summed E-state index contributed by atoms with van der Waals surface area (Å²) < 4.78 is 23.7. The van der Waals surface area contributed by atoms with Gasteiger partial charge in [0.1, 0.15) is 3.81 Å². The fourth-order valence-electron chi connectivity index (χ4n) is 1.41. The molecule has 0 amide bonds. The summed E-state index contributed by atoms with van der Waals surface area (Å²) in [6.07, 6.45) is 0. The Kier molecular flexibility index (Phi) is 1.85. The first kappa shape index (κ1) is 8.97. The first-order valence-electron chi connectivity index (χ1n) is 3.76. The molecule has 0 bridgehead atoms. The number of benzene rings is 1. The van der Waals surface area contributed by atoms with Crippen LogP contribution in [0, 0.1) is 0 Å². The van der Waals surface area contributed by atoms with Crippen LogP contribution in [0.3, 0.4) is 0 Å². The molecule has 68 valence electrons. The van der Waals surface area contributed by atoms with E-state index in [9.17, 15) is 8.42 Å². The lowest BCUT2D eigenvalue weighted by atomic mass is 10.1. The van der Waals surface area contributed by atoms with Crippen LogP contribution < -0.4 is 0 Å². The number of sulfone groups is 1. The second-order valence-corrected chi connectivity index (χ2v) is 6.07. The van der Waals surface area contributed by atoms with Crippen LogP contribution in [-0.2, 0) is 9.84 Å². The standard InChI is InChI=1S/C9H7BrO2S/c1-6-7-4-2-3-5-8(7)13(11,12)9(6)10/h2-5H,1H3. The van der Waals surface area contributed by atoms with Crippen molar-refractivity contribution >= 4 is 31.3 Å². The van der Waals surface area contributed by atoms with Gasteiger partial charge in [-0.15, -0.1) is 0 Å². The van der Waals surface area contributed by atoms with Gasteiger partial charge in [0.25, 0.3) is 0 Å². The third-order valence-corrected chi connectivity index (χ3v) is 5.70. The van der Waals surface area contributed by atoms with Crippen LogP contribution in [0.15, 0.2) is 33.0 Å². The van der Waals surface area contributed by atoms with Gasteiger partial charge in [-0.05, 0) is 40.1 Å². The minimum Gasteiger partial charge on any atom is -0.218 e. The SMILES string of the molecule is CC1=C(Br)S(=O)(=O)c2ccccc21. The molecule has 1 aliphatic heterocycles. The summed E-state index contributed by atoms with van der Waals surface area (Å²) in [5, 5.41) is 0. The monoisotopic (exact) mass is 258 g/mol. The highest BCUT2D eigenvalue weighted by Crippen LogP contribution is 2.41. The van der Waals surface area contributed by atoms with Gasteiger partial charge in [0, 0.05) is 0 Å². The summed E-state index contributed by atoms with van der Waals surface area (Å²) in [6, 6.07) is 7.01. The number of rotatable bonds is 0. The molecule has 0 aliphatic carbocycles. The molecule has 0 fully saturated rings. The van der Waals surface area contributed by atoms with Gasteiger partial charge in [0.15, 0.2) is 0 Å². The van der Waals surface area contributed by atoms with E-state index in [-0.39, 0.29) is 0 Å². The van der Waals surface area contributed by atoms with Gasteiger partial charge in [-0.25, -0.2) is 8.42 Å². The minimum absolute atomic E-state index is 0.293. The average Bonchev–Trinajstić information content (AvgIpc) is 2.30. The van der Waals surface area contributed by atoms with Crippen molar-refractivity contribution in [3.8, 4) is 0 Å². The van der Waals surface area contributed by atoms with E-state index >= 15 is 0 Å². The Morgan fingerprint density at radius 2 is 1.85 bits per heavy atom. The second kappa shape index (κ2) is 2.69. The van der Waals surface area contributed by atoms with Gasteiger partial charge < -0.3 is 0 Å². The van der Waals surface area contributed by atoms with E-state index in [1.807, 2.05) is 12.1 Å². The van der Waals surface area contributed by atoms with E-state index in [2.05, 4.69) is 15.9 Å². The summed E-state index contributed by atoms with van der Waals surface area (Å²) in [5.41, 5.74) is 1.59. The van der Waals surface area contributed by atoms with Gasteiger partial charge in [0.2, 0.25) is 9.84 Å². The van der Waals surface area contributed by atoms with Gasteiger partial charge >= 0.3 is 0 Å². The fraction of sp³-hybridized carbons (Fsp3) is 0.111. The van der Waals surface area contributed by atoms with Crippen LogP contribution in [-0.4, -0.2) is 8.42 Å². The Bertz CT molecular complexity index is 500. The van der Waals surface area contributed by atoms with Crippen LogP contribution in [0.1, 0.15) is 12.5 Å². The minimum atomic E-state index is -3.24. The van der Waals surface area contributed by atoms with E-state index in [0.717, 1.165) is 11.1 Å². The van der Waals surface area contributed by atoms with Gasteiger partial charge in [-0.1, -0.05) is 18.2 Å². The molecule has 0 N–H and O–H groups in total. The lowest BCUT2D eigenvalue weighted by Crippen LogP contribution is -1.95. The highest BCUT2D eigenvalue weighted by atomic mass is 79.9. The molecule has 4 heteroatoms. The maximum Gasteiger partial charge on any atom is 0.214 e. The Labute approximate surface area is 85.3 Å². The summed E-state index contributed by atoms with van der Waals surface area (Å²) in [4.78, 5) is 0.402. The molecule has 1 heterocycles. The molecule has 0 saturated carbocycles. The quantitative estimate of drug-likeness (QED) is 0.717. The summed E-state index contributed by atoms with van der Waals surface area (Å²) in [5.74, 6) is 0. The summed E-state index contributed by atoms with van der Waals surface area (Å²) in [7, 11) is -3.24.